The van der Waals surface area contributed by atoms with Gasteiger partial charge in [0.2, 0.25) is 0 Å². The van der Waals surface area contributed by atoms with Gasteiger partial charge in [-0.3, -0.25) is 4.79 Å². The van der Waals surface area contributed by atoms with E-state index in [1.807, 2.05) is 12.1 Å². The third-order valence-electron chi connectivity index (χ3n) is 3.27. The first-order chi connectivity index (χ1) is 10.9. The van der Waals surface area contributed by atoms with Crippen LogP contribution in [-0.2, 0) is 11.2 Å². The number of amides is 1. The van der Waals surface area contributed by atoms with Gasteiger partial charge in [-0.05, 0) is 23.8 Å². The van der Waals surface area contributed by atoms with E-state index in [1.165, 1.54) is 12.1 Å². The molecule has 7 heteroatoms. The molecule has 2 aromatic carbocycles. The van der Waals surface area contributed by atoms with E-state index in [-0.39, 0.29) is 5.69 Å². The molecule has 0 saturated heterocycles. The van der Waals surface area contributed by atoms with E-state index in [0.29, 0.717) is 12.2 Å². The van der Waals surface area contributed by atoms with Crippen LogP contribution >= 0.6 is 0 Å². The van der Waals surface area contributed by atoms with Crippen LogP contribution in [0.4, 0.5) is 18.9 Å². The van der Waals surface area contributed by atoms with Crippen LogP contribution < -0.4 is 14.8 Å². The summed E-state index contributed by atoms with van der Waals surface area (Å²) < 4.78 is 46.0. The van der Waals surface area contributed by atoms with E-state index >= 15 is 0 Å². The van der Waals surface area contributed by atoms with Crippen molar-refractivity contribution in [1.82, 2.24) is 0 Å². The molecule has 3 rings (SSSR count). The van der Waals surface area contributed by atoms with E-state index in [2.05, 4.69) is 10.1 Å². The van der Waals surface area contributed by atoms with Crippen molar-refractivity contribution in [3.63, 3.8) is 0 Å². The second-order valence-electron chi connectivity index (χ2n) is 4.98. The molecular weight excluding hydrogens is 311 g/mol. The second-order valence-corrected chi connectivity index (χ2v) is 4.98. The number of anilines is 1. The Morgan fingerprint density at radius 3 is 2.70 bits per heavy atom. The topological polar surface area (TPSA) is 47.6 Å². The fourth-order valence-electron chi connectivity index (χ4n) is 2.32. The van der Waals surface area contributed by atoms with Crippen LogP contribution in [0.25, 0.3) is 0 Å². The standard InChI is InChI=1S/C16H12F3NO3/c17-16(18,19)23-12-6-3-5-11(9-12)20-15(21)14-8-10-4-1-2-7-13(10)22-14/h1-7,9,14H,8H2,(H,20,21). The van der Waals surface area contributed by atoms with Gasteiger partial charge in [0.05, 0.1) is 0 Å². The molecule has 1 amide bonds. The van der Waals surface area contributed by atoms with Crippen molar-refractivity contribution in [1.29, 1.82) is 0 Å². The number of hydrogen-bond donors (Lipinski definition) is 1. The lowest BCUT2D eigenvalue weighted by Gasteiger charge is -2.13. The highest BCUT2D eigenvalue weighted by atomic mass is 19.4. The summed E-state index contributed by atoms with van der Waals surface area (Å²) in [4.78, 5) is 12.2. The fourth-order valence-corrected chi connectivity index (χ4v) is 2.32. The lowest BCUT2D eigenvalue weighted by molar-refractivity contribution is -0.274. The number of rotatable bonds is 3. The molecule has 120 valence electrons. The van der Waals surface area contributed by atoms with Gasteiger partial charge in [0.25, 0.3) is 5.91 Å². The quantitative estimate of drug-likeness (QED) is 0.940. The van der Waals surface area contributed by atoms with E-state index in [0.717, 1.165) is 17.7 Å². The minimum Gasteiger partial charge on any atom is -0.480 e. The Morgan fingerprint density at radius 2 is 1.96 bits per heavy atom. The molecular formula is C16H12F3NO3. The average molecular weight is 323 g/mol. The van der Waals surface area contributed by atoms with E-state index < -0.39 is 24.1 Å². The molecule has 1 aliphatic rings. The number of para-hydroxylation sites is 1. The van der Waals surface area contributed by atoms with Gasteiger partial charge in [0.15, 0.2) is 6.10 Å². The van der Waals surface area contributed by atoms with Crippen LogP contribution in [0.15, 0.2) is 48.5 Å². The highest BCUT2D eigenvalue weighted by molar-refractivity contribution is 5.95. The predicted molar refractivity (Wildman–Crippen MR) is 76.3 cm³/mol. The minimum atomic E-state index is -4.78. The van der Waals surface area contributed by atoms with Crippen LogP contribution in [0.3, 0.4) is 0 Å². The third kappa shape index (κ3) is 3.74. The van der Waals surface area contributed by atoms with Crippen LogP contribution in [0.2, 0.25) is 0 Å². The number of ether oxygens (including phenoxy) is 2. The molecule has 1 N–H and O–H groups in total. The van der Waals surface area contributed by atoms with Crippen molar-refractivity contribution in [2.75, 3.05) is 5.32 Å². The maximum Gasteiger partial charge on any atom is 0.573 e. The lowest BCUT2D eigenvalue weighted by Crippen LogP contribution is -2.31. The maximum absolute atomic E-state index is 12.2. The third-order valence-corrected chi connectivity index (χ3v) is 3.27. The first-order valence-electron chi connectivity index (χ1n) is 6.82. The van der Waals surface area contributed by atoms with Crippen molar-refractivity contribution in [3.8, 4) is 11.5 Å². The van der Waals surface area contributed by atoms with Crippen LogP contribution in [0.5, 0.6) is 11.5 Å². The van der Waals surface area contributed by atoms with Gasteiger partial charge >= 0.3 is 6.36 Å². The summed E-state index contributed by atoms with van der Waals surface area (Å²) in [7, 11) is 0. The van der Waals surface area contributed by atoms with Crippen molar-refractivity contribution < 1.29 is 27.4 Å². The smallest absolute Gasteiger partial charge is 0.480 e. The molecule has 0 spiro atoms. The van der Waals surface area contributed by atoms with E-state index in [4.69, 9.17) is 4.74 Å². The first-order valence-corrected chi connectivity index (χ1v) is 6.82. The number of benzene rings is 2. The molecule has 2 aromatic rings. The Bertz CT molecular complexity index is 706. The molecule has 23 heavy (non-hydrogen) atoms. The Balaban J connectivity index is 1.66. The number of halogens is 3. The Labute approximate surface area is 129 Å². The van der Waals surface area contributed by atoms with E-state index in [1.54, 1.807) is 12.1 Å². The number of nitrogens with one attached hydrogen (secondary N) is 1. The average Bonchev–Trinajstić information content (AvgIpc) is 2.90. The van der Waals surface area contributed by atoms with E-state index in [9.17, 15) is 18.0 Å². The molecule has 0 aliphatic carbocycles. The largest absolute Gasteiger partial charge is 0.573 e. The van der Waals surface area contributed by atoms with Gasteiger partial charge < -0.3 is 14.8 Å². The van der Waals surface area contributed by atoms with Crippen molar-refractivity contribution >= 4 is 11.6 Å². The second kappa shape index (κ2) is 5.83. The summed E-state index contributed by atoms with van der Waals surface area (Å²) in [5.41, 5.74) is 1.12. The summed E-state index contributed by atoms with van der Waals surface area (Å²) in [6.07, 6.45) is -5.07. The normalized spacial score (nSPS) is 16.4. The van der Waals surface area contributed by atoms with Gasteiger partial charge in [0.1, 0.15) is 11.5 Å². The molecule has 0 saturated carbocycles. The number of carbonyl (C=O) groups excluding carboxylic acids is 1. The van der Waals surface area contributed by atoms with Gasteiger partial charge in [-0.15, -0.1) is 13.2 Å². The SMILES string of the molecule is O=C(Nc1cccc(OC(F)(F)F)c1)C1Cc2ccccc2O1. The molecule has 1 aliphatic heterocycles. The molecule has 0 radical (unpaired) electrons. The summed E-state index contributed by atoms with van der Waals surface area (Å²) in [5.74, 6) is -0.182. The highest BCUT2D eigenvalue weighted by Crippen LogP contribution is 2.29. The molecule has 0 bridgehead atoms. The maximum atomic E-state index is 12.2. The number of alkyl halides is 3. The molecule has 1 atom stereocenters. The van der Waals surface area contributed by atoms with Gasteiger partial charge in [0, 0.05) is 18.2 Å². The minimum absolute atomic E-state index is 0.205. The molecule has 1 unspecified atom stereocenters. The summed E-state index contributed by atoms with van der Waals surface area (Å²) >= 11 is 0. The first kappa shape index (κ1) is 15.2. The number of fused-ring (bicyclic) bond motifs is 1. The molecule has 1 heterocycles. The molecule has 4 nitrogen and oxygen atoms in total. The van der Waals surface area contributed by atoms with Crippen LogP contribution in [-0.4, -0.2) is 18.4 Å². The highest BCUT2D eigenvalue weighted by Gasteiger charge is 2.31. The zero-order valence-electron chi connectivity index (χ0n) is 11.8. The van der Waals surface area contributed by atoms with Gasteiger partial charge in [-0.2, -0.15) is 0 Å². The fraction of sp³-hybridized carbons (Fsp3) is 0.188. The Kier molecular flexibility index (Phi) is 3.85. The predicted octanol–water partition coefficient (Wildman–Crippen LogP) is 3.53. The van der Waals surface area contributed by atoms with Crippen LogP contribution in [0.1, 0.15) is 5.56 Å². The number of carbonyl (C=O) groups is 1. The van der Waals surface area contributed by atoms with Crippen molar-refractivity contribution in [3.05, 3.63) is 54.1 Å². The summed E-state index contributed by atoms with van der Waals surface area (Å²) in [5, 5.41) is 2.53. The van der Waals surface area contributed by atoms with Crippen molar-refractivity contribution in [2.24, 2.45) is 0 Å². The Hall–Kier alpha value is -2.70. The zero-order valence-corrected chi connectivity index (χ0v) is 11.8. The van der Waals surface area contributed by atoms with Crippen LogP contribution in [0, 0.1) is 0 Å². The summed E-state index contributed by atoms with van der Waals surface area (Å²) in [6, 6.07) is 12.4. The molecule has 0 aromatic heterocycles. The van der Waals surface area contributed by atoms with Gasteiger partial charge in [-0.1, -0.05) is 24.3 Å². The summed E-state index contributed by atoms with van der Waals surface area (Å²) in [6.45, 7) is 0. The van der Waals surface area contributed by atoms with Gasteiger partial charge in [-0.25, -0.2) is 0 Å². The lowest BCUT2D eigenvalue weighted by atomic mass is 10.1. The zero-order chi connectivity index (χ0) is 16.4. The number of hydrogen-bond acceptors (Lipinski definition) is 3. The monoisotopic (exact) mass is 323 g/mol. The van der Waals surface area contributed by atoms with Crippen molar-refractivity contribution in [2.45, 2.75) is 18.9 Å². The molecule has 0 fully saturated rings. The Morgan fingerprint density at radius 1 is 1.17 bits per heavy atom.